The highest BCUT2D eigenvalue weighted by molar-refractivity contribution is 7.99. The average Bonchev–Trinajstić information content (AvgIpc) is 2.95. The van der Waals surface area contributed by atoms with Gasteiger partial charge in [-0.1, -0.05) is 0 Å². The fourth-order valence-electron chi connectivity index (χ4n) is 2.41. The van der Waals surface area contributed by atoms with Gasteiger partial charge in [0, 0.05) is 25.0 Å². The van der Waals surface area contributed by atoms with Crippen molar-refractivity contribution in [1.29, 1.82) is 0 Å². The fraction of sp³-hybridized carbons (Fsp3) is 0.389. The molecule has 0 aliphatic heterocycles. The number of ketones is 1. The van der Waals surface area contributed by atoms with E-state index < -0.39 is 10.9 Å². The molecule has 0 unspecified atom stereocenters. The highest BCUT2D eigenvalue weighted by Gasteiger charge is 2.14. The van der Waals surface area contributed by atoms with Gasteiger partial charge in [0.1, 0.15) is 23.9 Å². The fourth-order valence-corrected chi connectivity index (χ4v) is 3.37. The number of thioether (sulfide) groups is 1. The van der Waals surface area contributed by atoms with E-state index in [4.69, 9.17) is 4.74 Å². The first-order valence-electron chi connectivity index (χ1n) is 8.47. The van der Waals surface area contributed by atoms with Gasteiger partial charge in [0.2, 0.25) is 0 Å². The van der Waals surface area contributed by atoms with Crippen LogP contribution in [0.2, 0.25) is 0 Å². The topological polar surface area (TPSA) is 95.3 Å². The molecular weight excluding hydrogens is 370 g/mol. The van der Waals surface area contributed by atoms with Crippen LogP contribution in [0.4, 0.5) is 5.69 Å². The molecule has 27 heavy (non-hydrogen) atoms. The summed E-state index contributed by atoms with van der Waals surface area (Å²) in [6, 6.07) is 5.35. The van der Waals surface area contributed by atoms with Crippen molar-refractivity contribution in [1.82, 2.24) is 4.57 Å². The van der Waals surface area contributed by atoms with Crippen molar-refractivity contribution in [3.05, 3.63) is 46.8 Å². The number of benzene rings is 1. The number of nitro benzene ring substituents is 1. The number of carbonyl (C=O) groups is 2. The Kier molecular flexibility index (Phi) is 7.54. The third kappa shape index (κ3) is 6.52. The van der Waals surface area contributed by atoms with Crippen molar-refractivity contribution in [2.75, 3.05) is 5.75 Å². The number of esters is 1. The number of imidazole rings is 1. The number of Topliss-reactive ketones (excluding diaryl/α,β-unsaturated/α-hetero) is 1. The second kappa shape index (κ2) is 9.86. The van der Waals surface area contributed by atoms with E-state index in [9.17, 15) is 19.7 Å². The van der Waals surface area contributed by atoms with Crippen LogP contribution >= 0.6 is 11.8 Å². The number of hydrogen-bond donors (Lipinski definition) is 0. The Labute approximate surface area is 161 Å². The molecule has 0 saturated carbocycles. The quantitative estimate of drug-likeness (QED) is 0.117. The lowest BCUT2D eigenvalue weighted by Crippen LogP contribution is -2.28. The van der Waals surface area contributed by atoms with Crippen LogP contribution in [-0.4, -0.2) is 27.0 Å². The number of hydrogen-bond acceptors (Lipinski definition) is 6. The molecule has 0 bridgehead atoms. The Morgan fingerprint density at radius 2 is 1.89 bits per heavy atom. The van der Waals surface area contributed by atoms with Gasteiger partial charge >= 0.3 is 11.1 Å². The third-order valence-corrected chi connectivity index (χ3v) is 5.15. The van der Waals surface area contributed by atoms with Crippen LogP contribution in [0.3, 0.4) is 0 Å². The van der Waals surface area contributed by atoms with Gasteiger partial charge in [0.05, 0.1) is 24.8 Å². The molecule has 1 aromatic heterocycles. The molecule has 2 rings (SSSR count). The Morgan fingerprint density at radius 1 is 1.22 bits per heavy atom. The SMILES string of the molecule is Cn1cc[n+](C)c1SCC(=O)CCCCC(=O)Oc1ccc([N+](=O)[O-])cc1. The summed E-state index contributed by atoms with van der Waals surface area (Å²) in [4.78, 5) is 33.8. The second-order valence-corrected chi connectivity index (χ2v) is 7.00. The first-order chi connectivity index (χ1) is 12.9. The molecule has 2 aromatic rings. The van der Waals surface area contributed by atoms with Gasteiger partial charge in [-0.3, -0.25) is 19.7 Å². The Morgan fingerprint density at radius 3 is 2.48 bits per heavy atom. The van der Waals surface area contributed by atoms with E-state index >= 15 is 0 Å². The maximum absolute atomic E-state index is 12.0. The molecule has 9 heteroatoms. The Bertz CT molecular complexity index is 797. The molecule has 0 radical (unpaired) electrons. The maximum Gasteiger partial charge on any atom is 0.317 e. The molecule has 0 atom stereocenters. The average molecular weight is 392 g/mol. The van der Waals surface area contributed by atoms with Gasteiger partial charge < -0.3 is 4.74 Å². The number of nitrogens with zero attached hydrogens (tertiary/aromatic N) is 3. The van der Waals surface area contributed by atoms with Crippen LogP contribution in [0.5, 0.6) is 5.75 Å². The van der Waals surface area contributed by atoms with E-state index in [0.29, 0.717) is 25.0 Å². The van der Waals surface area contributed by atoms with Crippen molar-refractivity contribution in [3.8, 4) is 5.75 Å². The van der Waals surface area contributed by atoms with Crippen molar-refractivity contribution in [2.24, 2.45) is 14.1 Å². The monoisotopic (exact) mass is 392 g/mol. The first kappa shape index (κ1) is 20.6. The van der Waals surface area contributed by atoms with Crippen LogP contribution in [0.25, 0.3) is 0 Å². The third-order valence-electron chi connectivity index (χ3n) is 3.85. The molecule has 0 saturated heterocycles. The summed E-state index contributed by atoms with van der Waals surface area (Å²) in [5, 5.41) is 11.6. The normalized spacial score (nSPS) is 10.6. The van der Waals surface area contributed by atoms with Crippen LogP contribution in [0.15, 0.2) is 41.8 Å². The molecule has 0 amide bonds. The van der Waals surface area contributed by atoms with E-state index in [-0.39, 0.29) is 23.6 Å². The largest absolute Gasteiger partial charge is 0.427 e. The van der Waals surface area contributed by atoms with Crippen molar-refractivity contribution in [3.63, 3.8) is 0 Å². The zero-order chi connectivity index (χ0) is 19.8. The number of ether oxygens (including phenoxy) is 1. The lowest BCUT2D eigenvalue weighted by Gasteiger charge is -2.04. The minimum Gasteiger partial charge on any atom is -0.427 e. The van der Waals surface area contributed by atoms with Crippen molar-refractivity contribution in [2.45, 2.75) is 30.8 Å². The minimum atomic E-state index is -0.515. The molecule has 1 heterocycles. The number of unbranched alkanes of at least 4 members (excludes halogenated alkanes) is 1. The molecule has 0 fully saturated rings. The van der Waals surface area contributed by atoms with E-state index in [0.717, 1.165) is 5.16 Å². The maximum atomic E-state index is 12.0. The molecule has 0 aliphatic rings. The second-order valence-electron chi connectivity index (χ2n) is 6.06. The number of aromatic nitrogens is 2. The summed E-state index contributed by atoms with van der Waals surface area (Å²) in [6.45, 7) is 0. The summed E-state index contributed by atoms with van der Waals surface area (Å²) >= 11 is 1.49. The van der Waals surface area contributed by atoms with Gasteiger partial charge in [-0.05, 0) is 36.7 Å². The Balaban J connectivity index is 1.63. The zero-order valence-electron chi connectivity index (χ0n) is 15.3. The summed E-state index contributed by atoms with van der Waals surface area (Å²) in [7, 11) is 3.87. The van der Waals surface area contributed by atoms with Gasteiger partial charge in [-0.25, -0.2) is 9.13 Å². The molecule has 1 aromatic carbocycles. The number of nitro groups is 1. The van der Waals surface area contributed by atoms with E-state index in [1.807, 2.05) is 35.6 Å². The highest BCUT2D eigenvalue weighted by Crippen LogP contribution is 2.18. The Hall–Kier alpha value is -2.68. The number of carbonyl (C=O) groups excluding carboxylic acids is 2. The summed E-state index contributed by atoms with van der Waals surface area (Å²) in [5.41, 5.74) is -0.0601. The molecule has 0 aliphatic carbocycles. The van der Waals surface area contributed by atoms with E-state index in [2.05, 4.69) is 0 Å². The predicted octanol–water partition coefficient (Wildman–Crippen LogP) is 2.59. The lowest BCUT2D eigenvalue weighted by atomic mass is 10.1. The molecule has 0 spiro atoms. The number of aryl methyl sites for hydroxylation is 2. The van der Waals surface area contributed by atoms with Crippen molar-refractivity contribution < 1.29 is 23.8 Å². The number of non-ortho nitro benzene ring substituents is 1. The number of rotatable bonds is 10. The van der Waals surface area contributed by atoms with Crippen LogP contribution < -0.4 is 9.30 Å². The molecule has 8 nitrogen and oxygen atoms in total. The molecule has 144 valence electrons. The minimum absolute atomic E-state index is 0.0601. The van der Waals surface area contributed by atoms with Gasteiger partial charge in [-0.15, -0.1) is 0 Å². The summed E-state index contributed by atoms with van der Waals surface area (Å²) in [6.07, 6.45) is 5.66. The van der Waals surface area contributed by atoms with Gasteiger partial charge in [0.25, 0.3) is 5.69 Å². The van der Waals surface area contributed by atoms with Crippen molar-refractivity contribution >= 4 is 29.2 Å². The molecular formula is C18H22N3O5S+. The smallest absolute Gasteiger partial charge is 0.317 e. The zero-order valence-corrected chi connectivity index (χ0v) is 16.1. The van der Waals surface area contributed by atoms with Gasteiger partial charge in [0.15, 0.2) is 0 Å². The lowest BCUT2D eigenvalue weighted by molar-refractivity contribution is -0.709. The standard InChI is InChI=1S/C18H22N3O5S/c1-19-11-12-20(2)18(19)27-13-15(22)5-3-4-6-17(23)26-16-9-7-14(8-10-16)21(24)25/h7-12H,3-6,13H2,1-2H3/q+1. The van der Waals surface area contributed by atoms with Gasteiger partial charge in [-0.2, -0.15) is 0 Å². The van der Waals surface area contributed by atoms with Crippen LogP contribution in [-0.2, 0) is 23.7 Å². The predicted molar refractivity (Wildman–Crippen MR) is 99.5 cm³/mol. The highest BCUT2D eigenvalue weighted by atomic mass is 32.2. The summed E-state index contributed by atoms with van der Waals surface area (Å²) < 4.78 is 9.05. The van der Waals surface area contributed by atoms with E-state index in [1.54, 1.807) is 0 Å². The van der Waals surface area contributed by atoms with Crippen LogP contribution in [0.1, 0.15) is 25.7 Å². The molecule has 0 N–H and O–H groups in total. The van der Waals surface area contributed by atoms with Crippen LogP contribution in [0, 0.1) is 10.1 Å². The summed E-state index contributed by atoms with van der Waals surface area (Å²) in [5.74, 6) is 0.402. The first-order valence-corrected chi connectivity index (χ1v) is 9.46. The van der Waals surface area contributed by atoms with E-state index in [1.165, 1.54) is 36.0 Å².